The van der Waals surface area contributed by atoms with Gasteiger partial charge < -0.3 is 5.73 Å². The van der Waals surface area contributed by atoms with E-state index in [1.807, 2.05) is 5.38 Å². The van der Waals surface area contributed by atoms with E-state index in [2.05, 4.69) is 19.1 Å². The van der Waals surface area contributed by atoms with E-state index >= 15 is 0 Å². The second-order valence-corrected chi connectivity index (χ2v) is 4.41. The molecule has 3 heteroatoms. The molecule has 2 rings (SSSR count). The van der Waals surface area contributed by atoms with Crippen LogP contribution in [0, 0.1) is 0 Å². The third-order valence-electron chi connectivity index (χ3n) is 2.47. The summed E-state index contributed by atoms with van der Waals surface area (Å²) in [4.78, 5) is 0. The average Bonchev–Trinajstić information content (AvgIpc) is 2.59. The van der Waals surface area contributed by atoms with Crippen LogP contribution in [0.25, 0.3) is 10.1 Å². The Bertz CT molecular complexity index is 462. The van der Waals surface area contributed by atoms with Crippen molar-refractivity contribution in [3.63, 3.8) is 0 Å². The van der Waals surface area contributed by atoms with E-state index < -0.39 is 0 Å². The van der Waals surface area contributed by atoms with Gasteiger partial charge in [-0.1, -0.05) is 19.1 Å². The lowest BCUT2D eigenvalue weighted by Gasteiger charge is -2.05. The molecular formula is C11H12ClNS. The van der Waals surface area contributed by atoms with Gasteiger partial charge >= 0.3 is 0 Å². The first-order chi connectivity index (χ1) is 6.77. The van der Waals surface area contributed by atoms with Gasteiger partial charge in [0.1, 0.15) is 0 Å². The summed E-state index contributed by atoms with van der Waals surface area (Å²) in [5, 5.41) is 3.17. The Balaban J connectivity index is 2.77. The molecule has 0 unspecified atom stereocenters. The van der Waals surface area contributed by atoms with Crippen LogP contribution in [0.2, 0.25) is 0 Å². The van der Waals surface area contributed by atoms with Gasteiger partial charge in [-0.25, -0.2) is 0 Å². The number of nitrogens with two attached hydrogens (primary N) is 1. The highest BCUT2D eigenvalue weighted by Crippen LogP contribution is 2.33. The highest BCUT2D eigenvalue weighted by Gasteiger charge is 2.08. The molecule has 0 radical (unpaired) electrons. The molecule has 0 amide bonds. The van der Waals surface area contributed by atoms with Gasteiger partial charge in [0.15, 0.2) is 0 Å². The van der Waals surface area contributed by atoms with E-state index in [9.17, 15) is 0 Å². The Labute approximate surface area is 92.5 Å². The van der Waals surface area contributed by atoms with Gasteiger partial charge in [-0.05, 0) is 17.5 Å². The number of fused-ring (bicyclic) bond motifs is 1. The van der Waals surface area contributed by atoms with Gasteiger partial charge in [0.2, 0.25) is 0 Å². The molecule has 0 spiro atoms. The molecule has 74 valence electrons. The summed E-state index contributed by atoms with van der Waals surface area (Å²) in [6.07, 6.45) is 1.01. The second kappa shape index (κ2) is 3.79. The van der Waals surface area contributed by atoms with Crippen LogP contribution >= 0.6 is 22.9 Å². The fraction of sp³-hybridized carbons (Fsp3) is 0.273. The van der Waals surface area contributed by atoms with Gasteiger partial charge in [-0.3, -0.25) is 0 Å². The number of hydrogen-bond acceptors (Lipinski definition) is 2. The number of benzene rings is 1. The topological polar surface area (TPSA) is 26.0 Å². The fourth-order valence-electron chi connectivity index (χ4n) is 1.73. The third kappa shape index (κ3) is 1.39. The smallest absolute Gasteiger partial charge is 0.0502 e. The normalized spacial score (nSPS) is 11.0. The van der Waals surface area contributed by atoms with Crippen LogP contribution < -0.4 is 5.73 Å². The predicted molar refractivity (Wildman–Crippen MR) is 65.2 cm³/mol. The molecule has 2 N–H and O–H groups in total. The highest BCUT2D eigenvalue weighted by atomic mass is 35.5. The van der Waals surface area contributed by atoms with E-state index in [-0.39, 0.29) is 0 Å². The molecule has 0 saturated carbocycles. The van der Waals surface area contributed by atoms with Gasteiger partial charge in [0.25, 0.3) is 0 Å². The zero-order chi connectivity index (χ0) is 10.1. The molecular weight excluding hydrogens is 214 g/mol. The monoisotopic (exact) mass is 225 g/mol. The largest absolute Gasteiger partial charge is 0.398 e. The predicted octanol–water partition coefficient (Wildman–Crippen LogP) is 3.78. The fourth-order valence-corrected chi connectivity index (χ4v) is 3.08. The minimum Gasteiger partial charge on any atom is -0.398 e. The number of alkyl halides is 1. The number of halogens is 1. The average molecular weight is 226 g/mol. The lowest BCUT2D eigenvalue weighted by Crippen LogP contribution is -1.90. The standard InChI is InChI=1S/C11H12ClNS/c1-2-8-7(5-12)3-4-9-10(13)6-14-11(8)9/h3-4,6H,2,5,13H2,1H3. The van der Waals surface area contributed by atoms with Gasteiger partial charge in [-0.2, -0.15) is 0 Å². The minimum absolute atomic E-state index is 0.580. The lowest BCUT2D eigenvalue weighted by molar-refractivity contribution is 1.12. The zero-order valence-corrected chi connectivity index (χ0v) is 9.58. The van der Waals surface area contributed by atoms with E-state index in [4.69, 9.17) is 17.3 Å². The van der Waals surface area contributed by atoms with Crippen molar-refractivity contribution in [2.45, 2.75) is 19.2 Å². The molecule has 0 bridgehead atoms. The maximum absolute atomic E-state index is 5.89. The van der Waals surface area contributed by atoms with Crippen molar-refractivity contribution >= 4 is 38.7 Å². The van der Waals surface area contributed by atoms with Crippen molar-refractivity contribution in [1.29, 1.82) is 0 Å². The van der Waals surface area contributed by atoms with Crippen LogP contribution in [0.3, 0.4) is 0 Å². The number of anilines is 1. The Morgan fingerprint density at radius 1 is 1.43 bits per heavy atom. The number of hydrogen-bond donors (Lipinski definition) is 1. The Morgan fingerprint density at radius 3 is 2.86 bits per heavy atom. The molecule has 14 heavy (non-hydrogen) atoms. The Morgan fingerprint density at radius 2 is 2.21 bits per heavy atom. The lowest BCUT2D eigenvalue weighted by atomic mass is 10.0. The van der Waals surface area contributed by atoms with Crippen LogP contribution in [-0.4, -0.2) is 0 Å². The molecule has 0 aliphatic rings. The molecule has 1 heterocycles. The first kappa shape index (κ1) is 9.81. The summed E-state index contributed by atoms with van der Waals surface area (Å²) in [6, 6.07) is 4.15. The van der Waals surface area contributed by atoms with Crippen molar-refractivity contribution in [3.8, 4) is 0 Å². The van der Waals surface area contributed by atoms with Gasteiger partial charge in [0, 0.05) is 21.3 Å². The number of rotatable bonds is 2. The van der Waals surface area contributed by atoms with E-state index in [1.54, 1.807) is 11.3 Å². The Kier molecular flexibility index (Phi) is 2.66. The molecule has 2 aromatic rings. The molecule has 1 aromatic carbocycles. The molecule has 0 aliphatic heterocycles. The van der Waals surface area contributed by atoms with Crippen LogP contribution in [-0.2, 0) is 12.3 Å². The summed E-state index contributed by atoms with van der Waals surface area (Å²) < 4.78 is 1.29. The van der Waals surface area contributed by atoms with E-state index in [0.29, 0.717) is 5.88 Å². The molecule has 0 atom stereocenters. The maximum atomic E-state index is 5.89. The van der Waals surface area contributed by atoms with Crippen molar-refractivity contribution < 1.29 is 0 Å². The van der Waals surface area contributed by atoms with Crippen LogP contribution in [0.5, 0.6) is 0 Å². The number of thiophene rings is 1. The van der Waals surface area contributed by atoms with Crippen LogP contribution in [0.1, 0.15) is 18.1 Å². The van der Waals surface area contributed by atoms with Crippen LogP contribution in [0.4, 0.5) is 5.69 Å². The van der Waals surface area contributed by atoms with E-state index in [1.165, 1.54) is 21.2 Å². The summed E-state index contributed by atoms with van der Waals surface area (Å²) in [7, 11) is 0. The third-order valence-corrected chi connectivity index (χ3v) is 3.83. The van der Waals surface area contributed by atoms with Gasteiger partial charge in [-0.15, -0.1) is 22.9 Å². The SMILES string of the molecule is CCc1c(CCl)ccc2c(N)csc12. The van der Waals surface area contributed by atoms with Crippen molar-refractivity contribution in [1.82, 2.24) is 0 Å². The maximum Gasteiger partial charge on any atom is 0.0502 e. The summed E-state index contributed by atoms with van der Waals surface area (Å²) in [5.41, 5.74) is 9.32. The molecule has 0 fully saturated rings. The quantitative estimate of drug-likeness (QED) is 0.774. The molecule has 0 aliphatic carbocycles. The highest BCUT2D eigenvalue weighted by molar-refractivity contribution is 7.18. The summed E-state index contributed by atoms with van der Waals surface area (Å²) >= 11 is 7.60. The van der Waals surface area contributed by atoms with Crippen molar-refractivity contribution in [2.75, 3.05) is 5.73 Å². The van der Waals surface area contributed by atoms with Crippen LogP contribution in [0.15, 0.2) is 17.5 Å². The first-order valence-corrected chi connectivity index (χ1v) is 6.02. The first-order valence-electron chi connectivity index (χ1n) is 4.61. The zero-order valence-electron chi connectivity index (χ0n) is 8.01. The summed E-state index contributed by atoms with van der Waals surface area (Å²) in [5.74, 6) is 0.580. The summed E-state index contributed by atoms with van der Waals surface area (Å²) in [6.45, 7) is 2.15. The molecule has 1 nitrogen and oxygen atoms in total. The number of nitrogen functional groups attached to an aromatic ring is 1. The van der Waals surface area contributed by atoms with Gasteiger partial charge in [0.05, 0.1) is 5.69 Å². The molecule has 0 saturated heterocycles. The molecule has 1 aromatic heterocycles. The van der Waals surface area contributed by atoms with Crippen molar-refractivity contribution in [3.05, 3.63) is 28.6 Å². The Hall–Kier alpha value is -0.730. The van der Waals surface area contributed by atoms with Crippen molar-refractivity contribution in [2.24, 2.45) is 0 Å². The number of aryl methyl sites for hydroxylation is 1. The van der Waals surface area contributed by atoms with E-state index in [0.717, 1.165) is 12.1 Å². The minimum atomic E-state index is 0.580. The second-order valence-electron chi connectivity index (χ2n) is 3.26.